The van der Waals surface area contributed by atoms with Gasteiger partial charge in [0.25, 0.3) is 5.91 Å². The number of aromatic nitrogens is 4. The molecule has 22 N–H and O–H groups in total. The Hall–Kier alpha value is -12.9. The van der Waals surface area contributed by atoms with E-state index in [1.165, 1.54) is 45.5 Å². The van der Waals surface area contributed by atoms with Gasteiger partial charge >= 0.3 is 0 Å². The van der Waals surface area contributed by atoms with Crippen molar-refractivity contribution in [2.45, 2.75) is 216 Å². The number of imidazole rings is 1. The highest BCUT2D eigenvalue weighted by Crippen LogP contribution is 2.38. The third kappa shape index (κ3) is 28.6. The van der Waals surface area contributed by atoms with E-state index in [2.05, 4.69) is 78.4 Å². The number of thioether (sulfide) groups is 1. The molecule has 2 saturated heterocycles. The number of anilines is 1. The van der Waals surface area contributed by atoms with Crippen LogP contribution < -0.4 is 80.6 Å². The average Bonchev–Trinajstić information content (AvgIpc) is 1.58. The van der Waals surface area contributed by atoms with E-state index in [9.17, 15) is 57.8 Å². The van der Waals surface area contributed by atoms with E-state index in [1.807, 2.05) is 13.8 Å². The number of benzene rings is 3. The van der Waals surface area contributed by atoms with Crippen molar-refractivity contribution in [3.8, 4) is 0 Å². The highest BCUT2D eigenvalue weighted by atomic mass is 35.5. The van der Waals surface area contributed by atoms with Crippen LogP contribution in [-0.2, 0) is 107 Å². The molecule has 3 aliphatic rings. The zero-order valence-corrected chi connectivity index (χ0v) is 77.7. The summed E-state index contributed by atoms with van der Waals surface area (Å²) in [7, 11) is 3.87. The fourth-order valence-electron chi connectivity index (χ4n) is 16.2. The van der Waals surface area contributed by atoms with Gasteiger partial charge in [-0.05, 0) is 105 Å². The molecule has 6 aromatic rings. The summed E-state index contributed by atoms with van der Waals surface area (Å²) < 4.78 is 0. The number of guanidine groups is 1. The van der Waals surface area contributed by atoms with Crippen LogP contribution in [0.3, 0.4) is 0 Å². The van der Waals surface area contributed by atoms with Crippen LogP contribution in [0.15, 0.2) is 85.5 Å². The number of aliphatic hydroxyl groups excluding tert-OH is 1. The predicted octanol–water partition coefficient (Wildman–Crippen LogP) is -0.943. The number of halogens is 2. The Balaban J connectivity index is 1.09. The summed E-state index contributed by atoms with van der Waals surface area (Å²) in [6.45, 7) is 5.81. The average molecular weight is 1910 g/mol. The van der Waals surface area contributed by atoms with Crippen molar-refractivity contribution in [3.63, 3.8) is 0 Å². The molecule has 6 heterocycles. The number of hydrogen-bond donors (Lipinski definition) is 19. The molecule has 0 unspecified atom stereocenters. The van der Waals surface area contributed by atoms with Gasteiger partial charge in [-0.15, -0.1) is 11.8 Å². The van der Waals surface area contributed by atoms with E-state index in [0.717, 1.165) is 31.4 Å². The first-order chi connectivity index (χ1) is 63.3. The Labute approximate surface area is 782 Å². The standard InChI is InChI=1S/C88H120Cl2N24O18S/c1-9-11-21-67-81(126)103-58(20-16-28-96-88(93)94)77(122)109-66(76(121)98-40-71(92)117)43-133-44-73(119)101-62(31-48-18-14-13-15-19-48)84(129)111(7)47(5)75(120)105-64(37-70(91)116)85(130)113-29-17-23-68(113)82(127)104-60(35-52-39-95-45-99-52)79(124)106-61(30-46(3)4)83(128)110(6)41-72(118)100-59(32-49-38-97-56-26-24-50(89)33-53(49)56)78(123)108-65(42-115)80(125)107-63-36-55-54-34-51(90)25-27-57(54)102-74(55)114(86(63)131)69(22-12-10-2)87(132)112(67)8/h13-15,18-19,24-27,33-34,38-39,45-47,58-69,97,102,115H,9-12,16-17,20-23,28-32,35-37,40-44H2,1-8H3,(H2,91,116)(H2,92,117)(H,95,99)(H,98,121)(H,100,118)(H,101,119)(H,103,126)(H,104,127)(H,105,120)(H,106,124)(H,107,125)(H,108,123)(H,109,122)(H4,93,94,96)/t47-,58-,59-,60-,61-,62-,63-,64-,65-,66-,67-,68-,69-/m0/s1. The summed E-state index contributed by atoms with van der Waals surface area (Å²) >= 11 is 14.0. The molecular weight excluding hydrogens is 1780 g/mol. The zero-order valence-electron chi connectivity index (χ0n) is 75.4. The number of carbonyl (C=O) groups is 17. The largest absolute Gasteiger partial charge is 0.394 e. The minimum Gasteiger partial charge on any atom is -0.394 e. The van der Waals surface area contributed by atoms with Crippen LogP contribution in [0.2, 0.25) is 10.0 Å². The van der Waals surface area contributed by atoms with Crippen LogP contribution in [0.25, 0.3) is 21.8 Å². The van der Waals surface area contributed by atoms with Crippen molar-refractivity contribution in [2.75, 3.05) is 70.3 Å². The lowest BCUT2D eigenvalue weighted by Crippen LogP contribution is -2.63. The van der Waals surface area contributed by atoms with Crippen molar-refractivity contribution < 1.29 is 86.6 Å². The molecule has 0 radical (unpaired) electrons. The van der Waals surface area contributed by atoms with Gasteiger partial charge in [0.05, 0.1) is 38.2 Å². The molecule has 3 aromatic carbocycles. The molecule has 720 valence electrons. The van der Waals surface area contributed by atoms with Gasteiger partial charge in [0.15, 0.2) is 5.96 Å². The summed E-state index contributed by atoms with van der Waals surface area (Å²) in [5.74, 6) is -17.3. The second-order valence-electron chi connectivity index (χ2n) is 33.8. The first-order valence-corrected chi connectivity index (χ1v) is 46.0. The summed E-state index contributed by atoms with van der Waals surface area (Å²) in [5, 5.41) is 49.6. The lowest BCUT2D eigenvalue weighted by molar-refractivity contribution is -0.145. The topological polar surface area (TPSA) is 621 Å². The summed E-state index contributed by atoms with van der Waals surface area (Å²) in [5.41, 5.74) is 19.5. The third-order valence-electron chi connectivity index (χ3n) is 23.3. The van der Waals surface area contributed by atoms with Crippen molar-refractivity contribution in [2.24, 2.45) is 23.1 Å². The molecule has 45 heteroatoms. The van der Waals surface area contributed by atoms with E-state index >= 15 is 28.8 Å². The van der Waals surface area contributed by atoms with Gasteiger partial charge in [0, 0.05) is 121 Å². The number of aromatic amines is 3. The number of hydrogen-bond acceptors (Lipinski definition) is 21. The first kappa shape index (κ1) is 104. The van der Waals surface area contributed by atoms with Gasteiger partial charge in [0.2, 0.25) is 94.5 Å². The molecule has 0 aliphatic carbocycles. The molecule has 3 aromatic heterocycles. The fourth-order valence-corrected chi connectivity index (χ4v) is 17.4. The van der Waals surface area contributed by atoms with Crippen LogP contribution >= 0.6 is 35.0 Å². The second-order valence-corrected chi connectivity index (χ2v) is 35.7. The number of likely N-dealkylation sites (N-methyl/N-ethyl adjacent to an activating group) is 3. The molecule has 2 bridgehead atoms. The van der Waals surface area contributed by atoms with E-state index in [-0.39, 0.29) is 100 Å². The maximum atomic E-state index is 15.9. The van der Waals surface area contributed by atoms with E-state index in [0.29, 0.717) is 74.9 Å². The lowest BCUT2D eigenvalue weighted by Gasteiger charge is -2.40. The van der Waals surface area contributed by atoms with E-state index in [4.69, 9.17) is 45.8 Å². The highest BCUT2D eigenvalue weighted by Gasteiger charge is 2.47. The maximum Gasteiger partial charge on any atom is 0.251 e. The molecule has 133 heavy (non-hydrogen) atoms. The summed E-state index contributed by atoms with van der Waals surface area (Å²) in [6.07, 6.45) is 3.95. The Morgan fingerprint density at radius 2 is 1.23 bits per heavy atom. The Kier molecular flexibility index (Phi) is 38.3. The van der Waals surface area contributed by atoms with Gasteiger partial charge in [-0.25, -0.2) is 4.98 Å². The summed E-state index contributed by atoms with van der Waals surface area (Å²) in [4.78, 5) is 268. The van der Waals surface area contributed by atoms with E-state index < -0.39 is 223 Å². The van der Waals surface area contributed by atoms with Gasteiger partial charge in [-0.1, -0.05) is 107 Å². The second kappa shape index (κ2) is 49.0. The predicted molar refractivity (Wildman–Crippen MR) is 494 cm³/mol. The molecule has 0 spiro atoms. The Morgan fingerprint density at radius 3 is 1.88 bits per heavy atom. The lowest BCUT2D eigenvalue weighted by atomic mass is 9.94. The minimum atomic E-state index is -1.88. The van der Waals surface area contributed by atoms with Crippen molar-refractivity contribution in [3.05, 3.63) is 118 Å². The smallest absolute Gasteiger partial charge is 0.251 e. The van der Waals surface area contributed by atoms with Crippen LogP contribution in [0.1, 0.15) is 134 Å². The van der Waals surface area contributed by atoms with Gasteiger partial charge in [-0.3, -0.25) is 91.8 Å². The zero-order chi connectivity index (χ0) is 97.2. The number of H-pyrrole nitrogens is 3. The number of nitrogens with two attached hydrogens (primary N) is 3. The number of unbranched alkanes of at least 4 members (excludes halogenated alkanes) is 2. The number of rotatable bonds is 24. The molecular formula is C88H120Cl2N24O18S. The number of amides is 17. The van der Waals surface area contributed by atoms with Crippen molar-refractivity contribution in [1.82, 2.24) is 98.0 Å². The van der Waals surface area contributed by atoms with Gasteiger partial charge in [0.1, 0.15) is 84.4 Å². The molecule has 0 saturated carbocycles. The van der Waals surface area contributed by atoms with Crippen LogP contribution in [-0.4, -0.2) is 295 Å². The van der Waals surface area contributed by atoms with E-state index in [1.54, 1.807) is 86.8 Å². The SMILES string of the molecule is CCCC[C@H]1C(=O)N[C@@H](CCCNC(=N)N)C(=O)N[C@H](C(=O)NCC(N)=O)CSCC(=O)N[C@@H](Cc2ccccc2)C(=O)N(C)[C@@H](C)C(=O)N[C@@H](CC(N)=O)C(=O)N2CCC[C@H]2C(=O)N[C@@H](Cc2cnc[nH]2)C(=O)N[C@@H](CC(C)C)C(=O)N(C)CC(=O)N[C@@H](Cc2c[nH]c3ccc(Cl)cc23)C(=O)N[C@@H](CO)C(=O)N[C@H]2Cc3c([nH]c4ccc(Cl)cc34)N(C2=O)[C@@H](CCCC)C(=O)N1C. The monoisotopic (exact) mass is 1900 g/mol. The molecule has 42 nitrogen and oxygen atoms in total. The normalized spacial score (nSPS) is 23.7. The van der Waals surface area contributed by atoms with Crippen molar-refractivity contribution in [1.29, 1.82) is 5.41 Å². The quantitative estimate of drug-likeness (QED) is 0.0197. The fraction of sp³-hybridized carbons (Fsp3) is 0.511. The Bertz CT molecular complexity index is 5230. The Morgan fingerprint density at radius 1 is 0.609 bits per heavy atom. The number of nitrogens with zero attached hydrogens (tertiary/aromatic N) is 6. The molecule has 9 rings (SSSR count). The number of aliphatic hydroxyl groups is 1. The van der Waals surface area contributed by atoms with Gasteiger partial charge < -0.3 is 115 Å². The van der Waals surface area contributed by atoms with Crippen LogP contribution in [0.4, 0.5) is 5.82 Å². The molecule has 3 aliphatic heterocycles. The number of nitrogens with one attached hydrogen (secondary N) is 15. The molecule has 2 fully saturated rings. The number of primary amides is 2. The van der Waals surface area contributed by atoms with Crippen molar-refractivity contribution >= 4 is 169 Å². The molecule has 13 atom stereocenters. The number of fused-ring (bicyclic) bond motifs is 8. The van der Waals surface area contributed by atoms with Crippen LogP contribution in [0, 0.1) is 11.3 Å². The van der Waals surface area contributed by atoms with Gasteiger partial charge in [-0.2, -0.15) is 0 Å². The highest BCUT2D eigenvalue weighted by molar-refractivity contribution is 8.00. The number of carbonyl (C=O) groups excluding carboxylic acids is 17. The maximum absolute atomic E-state index is 15.9. The third-order valence-corrected chi connectivity index (χ3v) is 24.8. The summed E-state index contributed by atoms with van der Waals surface area (Å²) in [6, 6.07) is -1.85. The van der Waals surface area contributed by atoms with Crippen LogP contribution in [0.5, 0.6) is 0 Å². The molecule has 17 amide bonds. The first-order valence-electron chi connectivity index (χ1n) is 44.1. The minimum absolute atomic E-state index is 0.00725.